The third-order valence-electron chi connectivity index (χ3n) is 2.50. The van der Waals surface area contributed by atoms with Crippen molar-refractivity contribution in [2.45, 2.75) is 0 Å². The number of halogens is 2. The van der Waals surface area contributed by atoms with Crippen LogP contribution in [0.3, 0.4) is 0 Å². The number of benzene rings is 1. The molecule has 1 aromatic carbocycles. The Morgan fingerprint density at radius 2 is 1.84 bits per heavy atom. The lowest BCUT2D eigenvalue weighted by Gasteiger charge is -2.07. The molecule has 1 aromatic heterocycles. The molecule has 0 saturated heterocycles. The quantitative estimate of drug-likeness (QED) is 0.804. The lowest BCUT2D eigenvalue weighted by molar-refractivity contribution is 1.31. The van der Waals surface area contributed by atoms with Gasteiger partial charge in [-0.25, -0.2) is 0 Å². The summed E-state index contributed by atoms with van der Waals surface area (Å²) in [7, 11) is 0. The van der Waals surface area contributed by atoms with Crippen LogP contribution in [-0.4, -0.2) is 4.98 Å². The summed E-state index contributed by atoms with van der Waals surface area (Å²) in [6.45, 7) is 0. The molecule has 0 atom stereocenters. The molecule has 3 nitrogen and oxygen atoms in total. The molecule has 0 aliphatic carbocycles. The van der Waals surface area contributed by atoms with Gasteiger partial charge in [-0.2, -0.15) is 5.26 Å². The van der Waals surface area contributed by atoms with Crippen LogP contribution in [0.2, 0.25) is 0 Å². The molecule has 0 fully saturated rings. The van der Waals surface area contributed by atoms with Gasteiger partial charge in [0.05, 0.1) is 11.3 Å². The van der Waals surface area contributed by atoms with Gasteiger partial charge in [-0.05, 0) is 24.3 Å². The average Bonchev–Trinajstić information content (AvgIpc) is 2.39. The normalized spacial score (nSPS) is 11.6. The van der Waals surface area contributed by atoms with Gasteiger partial charge in [0.25, 0.3) is 0 Å². The molecule has 0 saturated carbocycles. The highest BCUT2D eigenvalue weighted by Crippen LogP contribution is 2.27. The maximum Gasteiger partial charge on any atom is 0.102 e. The summed E-state index contributed by atoms with van der Waals surface area (Å²) < 4.78 is 1.78. The van der Waals surface area contributed by atoms with E-state index in [1.807, 2.05) is 24.3 Å². The lowest BCUT2D eigenvalue weighted by atomic mass is 10.0. The van der Waals surface area contributed by atoms with Crippen molar-refractivity contribution in [2.75, 3.05) is 0 Å². The van der Waals surface area contributed by atoms with E-state index in [1.54, 1.807) is 18.5 Å². The number of nitrogens with zero attached hydrogens (tertiary/aromatic N) is 2. The zero-order chi connectivity index (χ0) is 13.8. The van der Waals surface area contributed by atoms with E-state index in [1.165, 1.54) is 0 Å². The molecule has 2 rings (SSSR count). The Morgan fingerprint density at radius 3 is 2.37 bits per heavy atom. The Morgan fingerprint density at radius 1 is 1.16 bits per heavy atom. The van der Waals surface area contributed by atoms with Crippen molar-refractivity contribution in [1.82, 2.24) is 4.98 Å². The minimum absolute atomic E-state index is 0.415. The second-order valence-corrected chi connectivity index (χ2v) is 5.63. The van der Waals surface area contributed by atoms with Crippen LogP contribution in [0.4, 0.5) is 0 Å². The summed E-state index contributed by atoms with van der Waals surface area (Å²) in [5.74, 6) is 0. The van der Waals surface area contributed by atoms with Gasteiger partial charge in [0.15, 0.2) is 0 Å². The molecule has 94 valence electrons. The minimum Gasteiger partial charge on any atom is -0.397 e. The fourth-order valence-electron chi connectivity index (χ4n) is 1.64. The van der Waals surface area contributed by atoms with Crippen LogP contribution in [-0.2, 0) is 0 Å². The topological polar surface area (TPSA) is 62.7 Å². The molecular formula is C14H9Br2N3. The fraction of sp³-hybridized carbons (Fsp3) is 0. The van der Waals surface area contributed by atoms with E-state index in [-0.39, 0.29) is 0 Å². The van der Waals surface area contributed by atoms with E-state index in [2.05, 4.69) is 42.9 Å². The SMILES string of the molecule is N#C/C(=C(/N)c1cc(Br)cc(Br)c1)c1cccnc1. The Bertz CT molecular complexity index is 653. The summed E-state index contributed by atoms with van der Waals surface area (Å²) in [4.78, 5) is 4.01. The summed E-state index contributed by atoms with van der Waals surface area (Å²) in [6, 6.07) is 11.4. The van der Waals surface area contributed by atoms with Gasteiger partial charge in [-0.3, -0.25) is 4.98 Å². The first kappa shape index (κ1) is 13.8. The largest absolute Gasteiger partial charge is 0.397 e. The number of nitriles is 1. The first-order chi connectivity index (χ1) is 9.11. The van der Waals surface area contributed by atoms with Gasteiger partial charge in [-0.1, -0.05) is 37.9 Å². The molecule has 1 heterocycles. The van der Waals surface area contributed by atoms with E-state index < -0.39 is 0 Å². The second kappa shape index (κ2) is 6.00. The van der Waals surface area contributed by atoms with Gasteiger partial charge in [0.1, 0.15) is 6.07 Å². The molecule has 0 aliphatic rings. The standard InChI is InChI=1S/C14H9Br2N3/c15-11-4-10(5-12(16)6-11)14(18)13(7-17)9-2-1-3-19-8-9/h1-6,8H,18H2/b14-13-. The third kappa shape index (κ3) is 3.22. The van der Waals surface area contributed by atoms with Crippen molar-refractivity contribution in [3.8, 4) is 6.07 Å². The predicted molar refractivity (Wildman–Crippen MR) is 82.7 cm³/mol. The molecule has 0 bridgehead atoms. The Hall–Kier alpha value is -1.64. The van der Waals surface area contributed by atoms with Gasteiger partial charge >= 0.3 is 0 Å². The number of hydrogen-bond acceptors (Lipinski definition) is 3. The van der Waals surface area contributed by atoms with Crippen molar-refractivity contribution in [3.63, 3.8) is 0 Å². The molecule has 0 radical (unpaired) electrons. The summed E-state index contributed by atoms with van der Waals surface area (Å²) in [6.07, 6.45) is 3.28. The highest BCUT2D eigenvalue weighted by atomic mass is 79.9. The molecule has 0 spiro atoms. The van der Waals surface area contributed by atoms with Crippen LogP contribution in [0.5, 0.6) is 0 Å². The van der Waals surface area contributed by atoms with Crippen molar-refractivity contribution in [1.29, 1.82) is 5.26 Å². The van der Waals surface area contributed by atoms with Crippen LogP contribution in [0, 0.1) is 11.3 Å². The molecule has 0 unspecified atom stereocenters. The van der Waals surface area contributed by atoms with E-state index in [4.69, 9.17) is 5.73 Å². The molecule has 5 heteroatoms. The van der Waals surface area contributed by atoms with E-state index in [9.17, 15) is 5.26 Å². The van der Waals surface area contributed by atoms with Crippen LogP contribution in [0.25, 0.3) is 11.3 Å². The summed E-state index contributed by atoms with van der Waals surface area (Å²) in [5, 5.41) is 9.31. The molecular weight excluding hydrogens is 370 g/mol. The van der Waals surface area contributed by atoms with Gasteiger partial charge < -0.3 is 5.73 Å². The maximum atomic E-state index is 9.31. The predicted octanol–water partition coefficient (Wildman–Crippen LogP) is 3.96. The molecule has 19 heavy (non-hydrogen) atoms. The zero-order valence-corrected chi connectivity index (χ0v) is 12.9. The third-order valence-corrected chi connectivity index (χ3v) is 3.42. The van der Waals surface area contributed by atoms with Gasteiger partial charge in [0, 0.05) is 32.5 Å². The van der Waals surface area contributed by atoms with Crippen LogP contribution in [0.15, 0.2) is 51.7 Å². The molecule has 0 amide bonds. The number of pyridine rings is 1. The highest BCUT2D eigenvalue weighted by molar-refractivity contribution is 9.11. The number of hydrogen-bond donors (Lipinski definition) is 1. The van der Waals surface area contributed by atoms with Crippen LogP contribution < -0.4 is 5.73 Å². The monoisotopic (exact) mass is 377 g/mol. The van der Waals surface area contributed by atoms with E-state index in [0.29, 0.717) is 16.8 Å². The highest BCUT2D eigenvalue weighted by Gasteiger charge is 2.09. The Kier molecular flexibility index (Phi) is 4.35. The van der Waals surface area contributed by atoms with Crippen molar-refractivity contribution in [2.24, 2.45) is 5.73 Å². The number of aromatic nitrogens is 1. The number of nitrogens with two attached hydrogens (primary N) is 1. The van der Waals surface area contributed by atoms with Crippen molar-refractivity contribution >= 4 is 43.1 Å². The Labute approximate surface area is 128 Å². The second-order valence-electron chi connectivity index (χ2n) is 3.80. The summed E-state index contributed by atoms with van der Waals surface area (Å²) >= 11 is 6.81. The van der Waals surface area contributed by atoms with Gasteiger partial charge in [0.2, 0.25) is 0 Å². The van der Waals surface area contributed by atoms with Crippen LogP contribution >= 0.6 is 31.9 Å². The number of rotatable bonds is 2. The smallest absolute Gasteiger partial charge is 0.102 e. The molecule has 2 N–H and O–H groups in total. The van der Waals surface area contributed by atoms with E-state index >= 15 is 0 Å². The van der Waals surface area contributed by atoms with Gasteiger partial charge in [-0.15, -0.1) is 0 Å². The first-order valence-electron chi connectivity index (χ1n) is 5.38. The molecule has 2 aromatic rings. The minimum atomic E-state index is 0.415. The average molecular weight is 379 g/mol. The maximum absolute atomic E-state index is 9.31. The first-order valence-corrected chi connectivity index (χ1v) is 6.97. The summed E-state index contributed by atoms with van der Waals surface area (Å²) in [5.41, 5.74) is 8.44. The zero-order valence-electron chi connectivity index (χ0n) is 9.77. The fourth-order valence-corrected chi connectivity index (χ4v) is 2.94. The van der Waals surface area contributed by atoms with E-state index in [0.717, 1.165) is 14.5 Å². The van der Waals surface area contributed by atoms with Crippen LogP contribution in [0.1, 0.15) is 11.1 Å². The van der Waals surface area contributed by atoms with Crippen molar-refractivity contribution < 1.29 is 0 Å². The van der Waals surface area contributed by atoms with Crippen molar-refractivity contribution in [3.05, 3.63) is 62.8 Å². The Balaban J connectivity index is 2.59. The number of allylic oxidation sites excluding steroid dienone is 1. The molecule has 0 aliphatic heterocycles. The lowest BCUT2D eigenvalue weighted by Crippen LogP contribution is -2.01.